The van der Waals surface area contributed by atoms with E-state index in [4.69, 9.17) is 5.11 Å². The summed E-state index contributed by atoms with van der Waals surface area (Å²) in [4.78, 5) is 0. The molecule has 70 valence electrons. The molecule has 0 aromatic heterocycles. The number of aliphatic hydroxyl groups is 1. The highest BCUT2D eigenvalue weighted by Crippen LogP contribution is 2.19. The van der Waals surface area contributed by atoms with E-state index in [-0.39, 0.29) is 0 Å². The van der Waals surface area contributed by atoms with Gasteiger partial charge in [0.05, 0.1) is 6.61 Å². The van der Waals surface area contributed by atoms with Gasteiger partial charge in [0.1, 0.15) is 6.17 Å². The highest BCUT2D eigenvalue weighted by molar-refractivity contribution is 5.67. The van der Waals surface area contributed by atoms with E-state index in [2.05, 4.69) is 6.58 Å². The highest BCUT2D eigenvalue weighted by atomic mass is 19.1. The van der Waals surface area contributed by atoms with E-state index in [0.29, 0.717) is 5.57 Å². The number of aryl methyl sites for hydroxylation is 1. The van der Waals surface area contributed by atoms with E-state index in [0.717, 1.165) is 11.1 Å². The largest absolute Gasteiger partial charge is 0.393 e. The van der Waals surface area contributed by atoms with Gasteiger partial charge in [-0.05, 0) is 18.1 Å². The smallest absolute Gasteiger partial charge is 0.148 e. The van der Waals surface area contributed by atoms with Crippen molar-refractivity contribution in [2.45, 2.75) is 13.1 Å². The monoisotopic (exact) mass is 180 g/mol. The molecular weight excluding hydrogens is 167 g/mol. The maximum absolute atomic E-state index is 13.0. The third kappa shape index (κ3) is 2.39. The molecule has 0 amide bonds. The Hall–Kier alpha value is -1.15. The van der Waals surface area contributed by atoms with Crippen molar-refractivity contribution in [1.29, 1.82) is 0 Å². The zero-order valence-electron chi connectivity index (χ0n) is 7.63. The van der Waals surface area contributed by atoms with Gasteiger partial charge < -0.3 is 5.11 Å². The minimum Gasteiger partial charge on any atom is -0.393 e. The number of halogens is 1. The predicted octanol–water partition coefficient (Wildman–Crippen LogP) is 2.34. The molecule has 13 heavy (non-hydrogen) atoms. The normalized spacial score (nSPS) is 12.5. The molecule has 0 fully saturated rings. The Kier molecular flexibility index (Phi) is 3.20. The van der Waals surface area contributed by atoms with E-state index in [1.165, 1.54) is 0 Å². The minimum atomic E-state index is -1.36. The van der Waals surface area contributed by atoms with E-state index in [1.54, 1.807) is 6.07 Å². The quantitative estimate of drug-likeness (QED) is 0.757. The molecule has 0 saturated heterocycles. The predicted molar refractivity (Wildman–Crippen MR) is 52.2 cm³/mol. The fourth-order valence-corrected chi connectivity index (χ4v) is 1.14. The van der Waals surface area contributed by atoms with Crippen LogP contribution in [0.2, 0.25) is 0 Å². The lowest BCUT2D eigenvalue weighted by Crippen LogP contribution is -2.07. The maximum atomic E-state index is 13.0. The first-order chi connectivity index (χ1) is 6.15. The number of rotatable bonds is 3. The number of benzene rings is 1. The fraction of sp³-hybridized carbons (Fsp3) is 0.273. The zero-order valence-corrected chi connectivity index (χ0v) is 7.63. The third-order valence-electron chi connectivity index (χ3n) is 1.93. The number of hydrogen-bond acceptors (Lipinski definition) is 1. The second-order valence-corrected chi connectivity index (χ2v) is 3.04. The SMILES string of the molecule is C=C(c1cccc(C)c1)[C@@H](F)CO. The Morgan fingerprint density at radius 3 is 2.85 bits per heavy atom. The molecule has 1 N–H and O–H groups in total. The Morgan fingerprint density at radius 1 is 1.62 bits per heavy atom. The van der Waals surface area contributed by atoms with Crippen LogP contribution in [0.3, 0.4) is 0 Å². The number of alkyl halides is 1. The molecule has 1 aromatic rings. The molecule has 0 saturated carbocycles. The van der Waals surface area contributed by atoms with Crippen molar-refractivity contribution < 1.29 is 9.50 Å². The van der Waals surface area contributed by atoms with E-state index >= 15 is 0 Å². The Labute approximate surface area is 77.5 Å². The Balaban J connectivity index is 2.89. The lowest BCUT2D eigenvalue weighted by Gasteiger charge is -2.09. The van der Waals surface area contributed by atoms with Crippen molar-refractivity contribution in [2.75, 3.05) is 6.61 Å². The Morgan fingerprint density at radius 2 is 2.31 bits per heavy atom. The van der Waals surface area contributed by atoms with Crippen molar-refractivity contribution in [3.63, 3.8) is 0 Å². The van der Waals surface area contributed by atoms with Crippen LogP contribution in [-0.2, 0) is 0 Å². The van der Waals surface area contributed by atoms with Gasteiger partial charge in [0.15, 0.2) is 0 Å². The van der Waals surface area contributed by atoms with Crippen LogP contribution < -0.4 is 0 Å². The molecule has 0 radical (unpaired) electrons. The van der Waals surface area contributed by atoms with Crippen LogP contribution in [0, 0.1) is 6.92 Å². The van der Waals surface area contributed by atoms with Gasteiger partial charge in [0, 0.05) is 0 Å². The number of aliphatic hydroxyl groups excluding tert-OH is 1. The second kappa shape index (κ2) is 4.19. The van der Waals surface area contributed by atoms with Crippen molar-refractivity contribution in [3.8, 4) is 0 Å². The molecule has 0 aliphatic heterocycles. The summed E-state index contributed by atoms with van der Waals surface area (Å²) in [5.74, 6) is 0. The molecule has 1 atom stereocenters. The first-order valence-corrected chi connectivity index (χ1v) is 4.16. The lowest BCUT2D eigenvalue weighted by molar-refractivity contribution is 0.215. The lowest BCUT2D eigenvalue weighted by atomic mass is 10.0. The average molecular weight is 180 g/mol. The van der Waals surface area contributed by atoms with Crippen LogP contribution in [-0.4, -0.2) is 17.9 Å². The van der Waals surface area contributed by atoms with Crippen molar-refractivity contribution in [3.05, 3.63) is 42.0 Å². The van der Waals surface area contributed by atoms with Gasteiger partial charge in [-0.1, -0.05) is 36.4 Å². The van der Waals surface area contributed by atoms with E-state index < -0.39 is 12.8 Å². The molecule has 0 spiro atoms. The molecule has 2 heteroatoms. The summed E-state index contributed by atoms with van der Waals surface area (Å²) in [5, 5.41) is 8.60. The molecule has 0 heterocycles. The van der Waals surface area contributed by atoms with Crippen LogP contribution in [0.25, 0.3) is 5.57 Å². The maximum Gasteiger partial charge on any atom is 0.148 e. The summed E-state index contributed by atoms with van der Waals surface area (Å²) in [7, 11) is 0. The first-order valence-electron chi connectivity index (χ1n) is 4.16. The first kappa shape index (κ1) is 9.93. The zero-order chi connectivity index (χ0) is 9.84. The van der Waals surface area contributed by atoms with E-state index in [1.807, 2.05) is 25.1 Å². The average Bonchev–Trinajstić information content (AvgIpc) is 2.15. The van der Waals surface area contributed by atoms with Crippen molar-refractivity contribution in [2.24, 2.45) is 0 Å². The molecule has 0 bridgehead atoms. The van der Waals surface area contributed by atoms with Crippen molar-refractivity contribution in [1.82, 2.24) is 0 Å². The summed E-state index contributed by atoms with van der Waals surface area (Å²) < 4.78 is 13.0. The van der Waals surface area contributed by atoms with Crippen LogP contribution >= 0.6 is 0 Å². The standard InChI is InChI=1S/C11H13FO/c1-8-4-3-5-10(6-8)9(2)11(12)7-13/h3-6,11,13H,2,7H2,1H3/t11-/m0/s1. The molecule has 0 aliphatic carbocycles. The van der Waals surface area contributed by atoms with Gasteiger partial charge in [-0.15, -0.1) is 0 Å². The van der Waals surface area contributed by atoms with Crippen molar-refractivity contribution >= 4 is 5.57 Å². The molecule has 1 aromatic carbocycles. The topological polar surface area (TPSA) is 20.2 Å². The van der Waals surface area contributed by atoms with Gasteiger partial charge >= 0.3 is 0 Å². The van der Waals surface area contributed by atoms with Gasteiger partial charge in [-0.25, -0.2) is 4.39 Å². The fourth-order valence-electron chi connectivity index (χ4n) is 1.14. The Bertz CT molecular complexity index is 307. The highest BCUT2D eigenvalue weighted by Gasteiger charge is 2.10. The summed E-state index contributed by atoms with van der Waals surface area (Å²) in [6.45, 7) is 5.03. The summed E-state index contributed by atoms with van der Waals surface area (Å²) in [6.07, 6.45) is -1.36. The summed E-state index contributed by atoms with van der Waals surface area (Å²) in [5.41, 5.74) is 2.15. The molecule has 0 unspecified atom stereocenters. The second-order valence-electron chi connectivity index (χ2n) is 3.04. The molecule has 0 aliphatic rings. The van der Waals surface area contributed by atoms with Gasteiger partial charge in [-0.3, -0.25) is 0 Å². The van der Waals surface area contributed by atoms with Gasteiger partial charge in [0.2, 0.25) is 0 Å². The van der Waals surface area contributed by atoms with Crippen LogP contribution in [0.5, 0.6) is 0 Å². The van der Waals surface area contributed by atoms with Gasteiger partial charge in [0.25, 0.3) is 0 Å². The molecule has 1 rings (SSSR count). The molecular formula is C11H13FO. The minimum absolute atomic E-state index is 0.339. The van der Waals surface area contributed by atoms with Crippen LogP contribution in [0.1, 0.15) is 11.1 Å². The van der Waals surface area contributed by atoms with E-state index in [9.17, 15) is 4.39 Å². The van der Waals surface area contributed by atoms with Crippen LogP contribution in [0.15, 0.2) is 30.8 Å². The third-order valence-corrected chi connectivity index (χ3v) is 1.93. The molecule has 1 nitrogen and oxygen atoms in total. The van der Waals surface area contributed by atoms with Gasteiger partial charge in [-0.2, -0.15) is 0 Å². The number of hydrogen-bond donors (Lipinski definition) is 1. The van der Waals surface area contributed by atoms with Crippen LogP contribution in [0.4, 0.5) is 4.39 Å². The summed E-state index contributed by atoms with van der Waals surface area (Å²) >= 11 is 0. The summed E-state index contributed by atoms with van der Waals surface area (Å²) in [6, 6.07) is 7.42.